The molecule has 156 valence electrons. The van der Waals surface area contributed by atoms with Crippen molar-refractivity contribution in [1.29, 1.82) is 0 Å². The Morgan fingerprint density at radius 2 is 1.79 bits per heavy atom. The topological polar surface area (TPSA) is 58.6 Å². The summed E-state index contributed by atoms with van der Waals surface area (Å²) in [5, 5.41) is 2.90. The monoisotopic (exact) mass is 400 g/mol. The second-order valence-electron chi connectivity index (χ2n) is 7.26. The summed E-state index contributed by atoms with van der Waals surface area (Å²) in [6.07, 6.45) is 0.577. The molecule has 5 nitrogen and oxygen atoms in total. The molecule has 2 rings (SSSR count). The summed E-state index contributed by atoms with van der Waals surface area (Å²) >= 11 is 0. The SMILES string of the molecule is CCC(C(=O)NC(C)C)N(Cc1cccc(OC)c1)C(=O)Cc1ccc(F)cc1. The number of amides is 2. The lowest BCUT2D eigenvalue weighted by molar-refractivity contribution is -0.141. The Hall–Kier alpha value is -2.89. The van der Waals surface area contributed by atoms with E-state index in [1.807, 2.05) is 45.0 Å². The average molecular weight is 400 g/mol. The van der Waals surface area contributed by atoms with Crippen molar-refractivity contribution in [3.05, 3.63) is 65.5 Å². The molecule has 29 heavy (non-hydrogen) atoms. The molecule has 6 heteroatoms. The van der Waals surface area contributed by atoms with Gasteiger partial charge in [-0.1, -0.05) is 31.2 Å². The number of halogens is 1. The number of methoxy groups -OCH3 is 1. The Balaban J connectivity index is 2.30. The predicted molar refractivity (Wildman–Crippen MR) is 111 cm³/mol. The first-order valence-electron chi connectivity index (χ1n) is 9.81. The smallest absolute Gasteiger partial charge is 0.243 e. The van der Waals surface area contributed by atoms with Crippen molar-refractivity contribution < 1.29 is 18.7 Å². The van der Waals surface area contributed by atoms with Crippen molar-refractivity contribution >= 4 is 11.8 Å². The van der Waals surface area contributed by atoms with Crippen LogP contribution in [0.1, 0.15) is 38.3 Å². The quantitative estimate of drug-likeness (QED) is 0.698. The number of rotatable bonds is 9. The van der Waals surface area contributed by atoms with Crippen LogP contribution in [-0.2, 0) is 22.6 Å². The third-order valence-electron chi connectivity index (χ3n) is 4.57. The molecule has 0 radical (unpaired) electrons. The number of carbonyl (C=O) groups excluding carboxylic acids is 2. The van der Waals surface area contributed by atoms with Crippen LogP contribution in [0.15, 0.2) is 48.5 Å². The maximum absolute atomic E-state index is 13.2. The molecule has 0 saturated heterocycles. The van der Waals surface area contributed by atoms with Crippen molar-refractivity contribution in [1.82, 2.24) is 10.2 Å². The lowest BCUT2D eigenvalue weighted by atomic mass is 10.1. The lowest BCUT2D eigenvalue weighted by Gasteiger charge is -2.31. The molecule has 1 atom stereocenters. The Bertz CT molecular complexity index is 821. The predicted octanol–water partition coefficient (Wildman–Crippen LogP) is 3.71. The van der Waals surface area contributed by atoms with Crippen LogP contribution in [0.3, 0.4) is 0 Å². The fraction of sp³-hybridized carbons (Fsp3) is 0.391. The number of hydrogen-bond acceptors (Lipinski definition) is 3. The maximum atomic E-state index is 13.2. The van der Waals surface area contributed by atoms with Gasteiger partial charge in [-0.15, -0.1) is 0 Å². The maximum Gasteiger partial charge on any atom is 0.243 e. The van der Waals surface area contributed by atoms with Crippen LogP contribution in [0.25, 0.3) is 0 Å². The molecule has 1 unspecified atom stereocenters. The largest absolute Gasteiger partial charge is 0.497 e. The average Bonchev–Trinajstić information content (AvgIpc) is 2.69. The van der Waals surface area contributed by atoms with Gasteiger partial charge in [0.15, 0.2) is 0 Å². The molecule has 0 saturated carbocycles. The van der Waals surface area contributed by atoms with E-state index in [9.17, 15) is 14.0 Å². The van der Waals surface area contributed by atoms with Crippen LogP contribution in [-0.4, -0.2) is 35.9 Å². The molecular weight excluding hydrogens is 371 g/mol. The fourth-order valence-corrected chi connectivity index (χ4v) is 3.15. The zero-order chi connectivity index (χ0) is 21.4. The first kappa shape index (κ1) is 22.4. The number of hydrogen-bond donors (Lipinski definition) is 1. The van der Waals surface area contributed by atoms with Crippen LogP contribution in [0.5, 0.6) is 5.75 Å². The molecular formula is C23H29FN2O3. The van der Waals surface area contributed by atoms with Gasteiger partial charge < -0.3 is 15.0 Å². The minimum Gasteiger partial charge on any atom is -0.497 e. The van der Waals surface area contributed by atoms with Gasteiger partial charge in [-0.05, 0) is 55.7 Å². The van der Waals surface area contributed by atoms with Gasteiger partial charge in [-0.3, -0.25) is 9.59 Å². The number of carbonyl (C=O) groups is 2. The second kappa shape index (κ2) is 10.6. The Morgan fingerprint density at radius 3 is 2.38 bits per heavy atom. The third-order valence-corrected chi connectivity index (χ3v) is 4.57. The van der Waals surface area contributed by atoms with Gasteiger partial charge in [-0.2, -0.15) is 0 Å². The molecule has 0 aliphatic rings. The molecule has 2 amide bonds. The number of benzene rings is 2. The van der Waals surface area contributed by atoms with Gasteiger partial charge >= 0.3 is 0 Å². The number of ether oxygens (including phenoxy) is 1. The van der Waals surface area contributed by atoms with E-state index < -0.39 is 6.04 Å². The highest BCUT2D eigenvalue weighted by atomic mass is 19.1. The summed E-state index contributed by atoms with van der Waals surface area (Å²) in [5.41, 5.74) is 1.57. The Morgan fingerprint density at radius 1 is 1.10 bits per heavy atom. The van der Waals surface area contributed by atoms with E-state index in [1.165, 1.54) is 12.1 Å². The molecule has 0 heterocycles. The van der Waals surface area contributed by atoms with Crippen LogP contribution < -0.4 is 10.1 Å². The highest BCUT2D eigenvalue weighted by Crippen LogP contribution is 2.18. The van der Waals surface area contributed by atoms with E-state index in [0.29, 0.717) is 17.7 Å². The Labute approximate surface area is 171 Å². The molecule has 0 aliphatic heterocycles. The van der Waals surface area contributed by atoms with Gasteiger partial charge in [0, 0.05) is 12.6 Å². The molecule has 0 fully saturated rings. The third kappa shape index (κ3) is 6.59. The van der Waals surface area contributed by atoms with E-state index in [0.717, 1.165) is 5.56 Å². The molecule has 0 aliphatic carbocycles. The Kier molecular flexibility index (Phi) is 8.19. The first-order valence-corrected chi connectivity index (χ1v) is 9.81. The summed E-state index contributed by atoms with van der Waals surface area (Å²) in [5.74, 6) is -0.0340. The molecule has 1 N–H and O–H groups in total. The molecule has 0 spiro atoms. The van der Waals surface area contributed by atoms with Gasteiger partial charge in [0.05, 0.1) is 13.5 Å². The standard InChI is InChI=1S/C23H29FN2O3/c1-5-21(23(28)25-16(2)3)26(15-18-7-6-8-20(13-18)29-4)22(27)14-17-9-11-19(24)12-10-17/h6-13,16,21H,5,14-15H2,1-4H3,(H,25,28). The van der Waals surface area contributed by atoms with Crippen molar-refractivity contribution in [3.8, 4) is 5.75 Å². The van der Waals surface area contributed by atoms with E-state index in [4.69, 9.17) is 4.74 Å². The molecule has 0 aromatic heterocycles. The van der Waals surface area contributed by atoms with Gasteiger partial charge in [0.1, 0.15) is 17.6 Å². The summed E-state index contributed by atoms with van der Waals surface area (Å²) < 4.78 is 18.5. The second-order valence-corrected chi connectivity index (χ2v) is 7.26. The minimum atomic E-state index is -0.600. The summed E-state index contributed by atoms with van der Waals surface area (Å²) in [6.45, 7) is 5.93. The van der Waals surface area contributed by atoms with E-state index in [-0.39, 0.29) is 36.6 Å². The summed E-state index contributed by atoms with van der Waals surface area (Å²) in [6, 6.07) is 12.6. The summed E-state index contributed by atoms with van der Waals surface area (Å²) in [4.78, 5) is 27.5. The van der Waals surface area contributed by atoms with E-state index >= 15 is 0 Å². The lowest BCUT2D eigenvalue weighted by Crippen LogP contribution is -2.50. The van der Waals surface area contributed by atoms with Crippen LogP contribution in [0, 0.1) is 5.82 Å². The van der Waals surface area contributed by atoms with Crippen LogP contribution >= 0.6 is 0 Å². The highest BCUT2D eigenvalue weighted by Gasteiger charge is 2.29. The van der Waals surface area contributed by atoms with Crippen molar-refractivity contribution in [3.63, 3.8) is 0 Å². The zero-order valence-electron chi connectivity index (χ0n) is 17.4. The molecule has 2 aromatic carbocycles. The highest BCUT2D eigenvalue weighted by molar-refractivity contribution is 5.88. The van der Waals surface area contributed by atoms with Crippen molar-refractivity contribution in [2.45, 2.75) is 52.2 Å². The molecule has 0 bridgehead atoms. The first-order chi connectivity index (χ1) is 13.8. The zero-order valence-corrected chi connectivity index (χ0v) is 17.4. The van der Waals surface area contributed by atoms with E-state index in [1.54, 1.807) is 24.1 Å². The summed E-state index contributed by atoms with van der Waals surface area (Å²) in [7, 11) is 1.58. The number of nitrogens with zero attached hydrogens (tertiary/aromatic N) is 1. The van der Waals surface area contributed by atoms with Crippen molar-refractivity contribution in [2.75, 3.05) is 7.11 Å². The fourth-order valence-electron chi connectivity index (χ4n) is 3.15. The number of nitrogens with one attached hydrogen (secondary N) is 1. The van der Waals surface area contributed by atoms with Gasteiger partial charge in [-0.25, -0.2) is 4.39 Å². The minimum absolute atomic E-state index is 0.0255. The van der Waals surface area contributed by atoms with Crippen molar-refractivity contribution in [2.24, 2.45) is 0 Å². The van der Waals surface area contributed by atoms with Crippen LogP contribution in [0.4, 0.5) is 4.39 Å². The van der Waals surface area contributed by atoms with E-state index in [2.05, 4.69) is 5.32 Å². The van der Waals surface area contributed by atoms with Gasteiger partial charge in [0.25, 0.3) is 0 Å². The van der Waals surface area contributed by atoms with Crippen LogP contribution in [0.2, 0.25) is 0 Å². The normalized spacial score (nSPS) is 11.8. The van der Waals surface area contributed by atoms with Gasteiger partial charge in [0.2, 0.25) is 11.8 Å². The molecule has 2 aromatic rings.